The lowest BCUT2D eigenvalue weighted by atomic mass is 10.1. The Morgan fingerprint density at radius 2 is 1.30 bits per heavy atom. The van der Waals surface area contributed by atoms with Crippen LogP contribution in [0, 0.1) is 11.6 Å². The molecule has 0 N–H and O–H groups in total. The molecule has 0 unspecified atom stereocenters. The molecule has 0 fully saturated rings. The molecule has 1 heterocycles. The summed E-state index contributed by atoms with van der Waals surface area (Å²) in [4.78, 5) is 0. The van der Waals surface area contributed by atoms with Crippen molar-refractivity contribution in [2.45, 2.75) is 13.5 Å². The number of nitrogens with zero attached hydrogens (tertiary/aromatic N) is 3. The van der Waals surface area contributed by atoms with Gasteiger partial charge in [0.15, 0.2) is 11.6 Å². The molecule has 1 aromatic heterocycles. The molecule has 23 heavy (non-hydrogen) atoms. The molecular formula is C16H11Br2F2N3. The van der Waals surface area contributed by atoms with E-state index in [1.807, 2.05) is 6.92 Å². The first kappa shape index (κ1) is 16.3. The molecule has 118 valence electrons. The van der Waals surface area contributed by atoms with E-state index in [2.05, 4.69) is 42.1 Å². The lowest BCUT2D eigenvalue weighted by molar-refractivity contribution is 0.624. The molecule has 0 spiro atoms. The molecule has 3 aromatic rings. The Morgan fingerprint density at radius 1 is 0.870 bits per heavy atom. The lowest BCUT2D eigenvalue weighted by Gasteiger charge is -2.09. The number of benzene rings is 2. The normalized spacial score (nSPS) is 11.0. The van der Waals surface area contributed by atoms with Crippen molar-refractivity contribution in [3.8, 4) is 22.8 Å². The van der Waals surface area contributed by atoms with E-state index in [9.17, 15) is 8.78 Å². The number of aromatic nitrogens is 3. The van der Waals surface area contributed by atoms with Gasteiger partial charge >= 0.3 is 0 Å². The zero-order valence-electron chi connectivity index (χ0n) is 12.0. The Labute approximate surface area is 148 Å². The molecule has 0 radical (unpaired) electrons. The van der Waals surface area contributed by atoms with Gasteiger partial charge in [0, 0.05) is 15.5 Å². The third-order valence-corrected chi connectivity index (χ3v) is 4.40. The summed E-state index contributed by atoms with van der Waals surface area (Å²) < 4.78 is 31.4. The van der Waals surface area contributed by atoms with Gasteiger partial charge in [0.25, 0.3) is 0 Å². The Kier molecular flexibility index (Phi) is 4.59. The van der Waals surface area contributed by atoms with Gasteiger partial charge in [0.2, 0.25) is 0 Å². The van der Waals surface area contributed by atoms with E-state index in [1.165, 1.54) is 12.1 Å². The topological polar surface area (TPSA) is 30.7 Å². The summed E-state index contributed by atoms with van der Waals surface area (Å²) in [7, 11) is 0. The number of rotatable bonds is 3. The highest BCUT2D eigenvalue weighted by Gasteiger charge is 2.19. The van der Waals surface area contributed by atoms with Crippen LogP contribution in [0.3, 0.4) is 0 Å². The lowest BCUT2D eigenvalue weighted by Crippen LogP contribution is -2.02. The second-order valence-electron chi connectivity index (χ2n) is 4.84. The summed E-state index contributed by atoms with van der Waals surface area (Å²) in [5.74, 6) is -0.0850. The van der Waals surface area contributed by atoms with Crippen molar-refractivity contribution in [1.82, 2.24) is 14.8 Å². The Balaban J connectivity index is 2.17. The SMILES string of the molecule is CCn1c(-c2ccc(Br)cc2F)nnc1-c1ccc(Br)cc1F. The highest BCUT2D eigenvalue weighted by molar-refractivity contribution is 9.10. The standard InChI is InChI=1S/C16H11Br2F2N3/c1-2-23-15(11-5-3-9(17)7-13(11)19)21-22-16(23)12-6-4-10(18)8-14(12)20/h3-8H,2H2,1H3. The smallest absolute Gasteiger partial charge is 0.167 e. The maximum absolute atomic E-state index is 14.2. The molecule has 0 saturated carbocycles. The van der Waals surface area contributed by atoms with Crippen LogP contribution in [-0.2, 0) is 6.54 Å². The predicted octanol–water partition coefficient (Wildman–Crippen LogP) is 5.44. The Morgan fingerprint density at radius 3 is 1.65 bits per heavy atom. The molecule has 3 nitrogen and oxygen atoms in total. The van der Waals surface area contributed by atoms with Gasteiger partial charge in [-0.25, -0.2) is 8.78 Å². The van der Waals surface area contributed by atoms with Crippen LogP contribution in [0.4, 0.5) is 8.78 Å². The number of hydrogen-bond donors (Lipinski definition) is 0. The highest BCUT2D eigenvalue weighted by atomic mass is 79.9. The van der Waals surface area contributed by atoms with E-state index in [4.69, 9.17) is 0 Å². The second-order valence-corrected chi connectivity index (χ2v) is 6.67. The fraction of sp³-hybridized carbons (Fsp3) is 0.125. The maximum atomic E-state index is 14.2. The van der Waals surface area contributed by atoms with Gasteiger partial charge in [-0.1, -0.05) is 31.9 Å². The van der Waals surface area contributed by atoms with Crippen LogP contribution in [0.1, 0.15) is 6.92 Å². The molecule has 0 saturated heterocycles. The average molecular weight is 443 g/mol. The molecular weight excluding hydrogens is 432 g/mol. The summed E-state index contributed by atoms with van der Waals surface area (Å²) in [6.07, 6.45) is 0. The van der Waals surface area contributed by atoms with Crippen molar-refractivity contribution in [1.29, 1.82) is 0 Å². The van der Waals surface area contributed by atoms with Crippen molar-refractivity contribution in [2.75, 3.05) is 0 Å². The van der Waals surface area contributed by atoms with E-state index in [1.54, 1.807) is 28.8 Å². The van der Waals surface area contributed by atoms with Crippen LogP contribution in [0.5, 0.6) is 0 Å². The summed E-state index contributed by atoms with van der Waals surface area (Å²) in [6, 6.07) is 9.43. The molecule has 0 amide bonds. The highest BCUT2D eigenvalue weighted by Crippen LogP contribution is 2.30. The third kappa shape index (κ3) is 3.07. The van der Waals surface area contributed by atoms with E-state index in [0.29, 0.717) is 38.3 Å². The molecule has 0 atom stereocenters. The molecule has 0 aliphatic rings. The first-order valence-corrected chi connectivity index (χ1v) is 8.44. The van der Waals surface area contributed by atoms with Crippen LogP contribution in [-0.4, -0.2) is 14.8 Å². The zero-order valence-corrected chi connectivity index (χ0v) is 15.2. The van der Waals surface area contributed by atoms with Crippen LogP contribution in [0.2, 0.25) is 0 Å². The van der Waals surface area contributed by atoms with Gasteiger partial charge < -0.3 is 4.57 Å². The van der Waals surface area contributed by atoms with Crippen molar-refractivity contribution >= 4 is 31.9 Å². The molecule has 3 rings (SSSR count). The number of halogens is 4. The quantitative estimate of drug-likeness (QED) is 0.541. The Hall–Kier alpha value is -1.60. The average Bonchev–Trinajstić information content (AvgIpc) is 2.90. The largest absolute Gasteiger partial charge is 0.307 e. The van der Waals surface area contributed by atoms with Gasteiger partial charge in [-0.2, -0.15) is 0 Å². The van der Waals surface area contributed by atoms with Gasteiger partial charge in [0.1, 0.15) is 11.6 Å². The number of hydrogen-bond acceptors (Lipinski definition) is 2. The van der Waals surface area contributed by atoms with Crippen molar-refractivity contribution in [2.24, 2.45) is 0 Å². The van der Waals surface area contributed by atoms with Gasteiger partial charge in [-0.3, -0.25) is 0 Å². The third-order valence-electron chi connectivity index (χ3n) is 3.41. The monoisotopic (exact) mass is 441 g/mol. The van der Waals surface area contributed by atoms with Crippen LogP contribution < -0.4 is 0 Å². The fourth-order valence-electron chi connectivity index (χ4n) is 2.34. The summed E-state index contributed by atoms with van der Waals surface area (Å²) in [5, 5.41) is 8.13. The minimum Gasteiger partial charge on any atom is -0.307 e. The van der Waals surface area contributed by atoms with E-state index < -0.39 is 11.6 Å². The molecule has 0 bridgehead atoms. The van der Waals surface area contributed by atoms with Crippen LogP contribution in [0.15, 0.2) is 45.3 Å². The first-order valence-electron chi connectivity index (χ1n) is 6.85. The summed E-state index contributed by atoms with van der Waals surface area (Å²) in [6.45, 7) is 2.37. The second kappa shape index (κ2) is 6.49. The van der Waals surface area contributed by atoms with E-state index in [-0.39, 0.29) is 0 Å². The van der Waals surface area contributed by atoms with Crippen molar-refractivity contribution < 1.29 is 8.78 Å². The van der Waals surface area contributed by atoms with Gasteiger partial charge in [-0.05, 0) is 43.3 Å². The zero-order chi connectivity index (χ0) is 16.6. The molecule has 2 aromatic carbocycles. The fourth-order valence-corrected chi connectivity index (χ4v) is 3.01. The molecule has 0 aliphatic heterocycles. The van der Waals surface area contributed by atoms with Crippen molar-refractivity contribution in [3.05, 3.63) is 57.0 Å². The van der Waals surface area contributed by atoms with Crippen LogP contribution in [0.25, 0.3) is 22.8 Å². The predicted molar refractivity (Wildman–Crippen MR) is 91.9 cm³/mol. The first-order chi connectivity index (χ1) is 11.0. The maximum Gasteiger partial charge on any atom is 0.167 e. The molecule has 7 heteroatoms. The summed E-state index contributed by atoms with van der Waals surface area (Å²) >= 11 is 6.45. The minimum atomic E-state index is -0.413. The van der Waals surface area contributed by atoms with Crippen LogP contribution >= 0.6 is 31.9 Å². The molecule has 0 aliphatic carbocycles. The van der Waals surface area contributed by atoms with E-state index in [0.717, 1.165) is 0 Å². The Bertz CT molecular complexity index is 809. The van der Waals surface area contributed by atoms with Gasteiger partial charge in [-0.15, -0.1) is 10.2 Å². The van der Waals surface area contributed by atoms with E-state index >= 15 is 0 Å². The van der Waals surface area contributed by atoms with Crippen molar-refractivity contribution in [3.63, 3.8) is 0 Å². The minimum absolute atomic E-state index is 0.325. The summed E-state index contributed by atoms with van der Waals surface area (Å²) in [5.41, 5.74) is 0.651. The van der Waals surface area contributed by atoms with Gasteiger partial charge in [0.05, 0.1) is 11.1 Å².